The van der Waals surface area contributed by atoms with E-state index in [0.29, 0.717) is 6.54 Å². The molecule has 0 aliphatic rings. The van der Waals surface area contributed by atoms with Crippen molar-refractivity contribution in [2.75, 3.05) is 7.05 Å². The highest BCUT2D eigenvalue weighted by Crippen LogP contribution is 2.14. The first-order chi connectivity index (χ1) is 6.81. The van der Waals surface area contributed by atoms with Gasteiger partial charge < -0.3 is 5.32 Å². The molecule has 1 heterocycles. The number of benzene rings is 1. The second-order valence-electron chi connectivity index (χ2n) is 2.99. The van der Waals surface area contributed by atoms with Crippen LogP contribution in [0, 0.1) is 0 Å². The van der Waals surface area contributed by atoms with Gasteiger partial charge >= 0.3 is 0 Å². The molecule has 1 amide bonds. The number of rotatable bonds is 2. The van der Waals surface area contributed by atoms with E-state index in [1.807, 2.05) is 28.3 Å². The van der Waals surface area contributed by atoms with E-state index in [-0.39, 0.29) is 5.91 Å². The molecule has 0 bridgehead atoms. The number of para-hydroxylation sites is 1. The zero-order valence-electron chi connectivity index (χ0n) is 7.86. The van der Waals surface area contributed by atoms with Crippen LogP contribution in [0.1, 0.15) is 0 Å². The molecule has 0 radical (unpaired) electrons. The van der Waals surface area contributed by atoms with Gasteiger partial charge in [-0.3, -0.25) is 4.79 Å². The number of nitrogens with zero attached hydrogens (tertiary/aromatic N) is 1. The Morgan fingerprint density at radius 2 is 2.29 bits per heavy atom. The maximum Gasteiger partial charge on any atom is 0.285 e. The Hall–Kier alpha value is -1.42. The van der Waals surface area contributed by atoms with E-state index in [1.165, 1.54) is 4.70 Å². The lowest BCUT2D eigenvalue weighted by atomic mass is 10.3. The average Bonchev–Trinajstić information content (AvgIpc) is 2.62. The highest BCUT2D eigenvalue weighted by atomic mass is 32.1. The van der Waals surface area contributed by atoms with Gasteiger partial charge in [0.15, 0.2) is 0 Å². The number of thiazole rings is 1. The summed E-state index contributed by atoms with van der Waals surface area (Å²) in [6, 6.07) is 8.06. The second-order valence-corrected chi connectivity index (χ2v) is 3.88. The maximum absolute atomic E-state index is 11.2. The zero-order valence-corrected chi connectivity index (χ0v) is 8.67. The van der Waals surface area contributed by atoms with Crippen LogP contribution in [-0.2, 0) is 11.3 Å². The summed E-state index contributed by atoms with van der Waals surface area (Å²) in [4.78, 5) is 11.2. The van der Waals surface area contributed by atoms with Gasteiger partial charge in [-0.05, 0) is 6.07 Å². The topological polar surface area (TPSA) is 33.0 Å². The number of fused-ring (bicyclic) bond motifs is 1. The molecule has 0 unspecified atom stereocenters. The van der Waals surface area contributed by atoms with Crippen molar-refractivity contribution in [3.8, 4) is 0 Å². The molecule has 1 aromatic carbocycles. The molecule has 2 aromatic rings. The molecule has 0 saturated carbocycles. The number of hydrogen-bond donors (Lipinski definition) is 1. The SMILES string of the molecule is CNC(=O)C[n+]1csc2ccccc21. The fourth-order valence-electron chi connectivity index (χ4n) is 1.33. The zero-order chi connectivity index (χ0) is 9.97. The molecule has 4 heteroatoms. The van der Waals surface area contributed by atoms with E-state index >= 15 is 0 Å². The third-order valence-corrected chi connectivity index (χ3v) is 3.03. The smallest absolute Gasteiger partial charge is 0.285 e. The van der Waals surface area contributed by atoms with E-state index in [2.05, 4.69) is 11.4 Å². The highest BCUT2D eigenvalue weighted by Gasteiger charge is 2.13. The first-order valence-corrected chi connectivity index (χ1v) is 5.25. The Morgan fingerprint density at radius 3 is 3.07 bits per heavy atom. The van der Waals surface area contributed by atoms with Gasteiger partial charge in [-0.25, -0.2) is 0 Å². The molecule has 0 atom stereocenters. The Morgan fingerprint density at radius 1 is 1.50 bits per heavy atom. The van der Waals surface area contributed by atoms with Crippen molar-refractivity contribution in [2.24, 2.45) is 0 Å². The second kappa shape index (κ2) is 3.75. The summed E-state index contributed by atoms with van der Waals surface area (Å²) < 4.78 is 3.16. The number of likely N-dealkylation sites (N-methyl/N-ethyl adjacent to an activating group) is 1. The molecule has 14 heavy (non-hydrogen) atoms. The molecule has 0 fully saturated rings. The van der Waals surface area contributed by atoms with Gasteiger partial charge in [0.1, 0.15) is 4.70 Å². The van der Waals surface area contributed by atoms with E-state index in [9.17, 15) is 4.79 Å². The Kier molecular flexibility index (Phi) is 2.45. The fourth-order valence-corrected chi connectivity index (χ4v) is 2.22. The van der Waals surface area contributed by atoms with E-state index < -0.39 is 0 Å². The maximum atomic E-state index is 11.2. The van der Waals surface area contributed by atoms with Gasteiger partial charge in [0.25, 0.3) is 5.91 Å². The third-order valence-electron chi connectivity index (χ3n) is 2.07. The van der Waals surface area contributed by atoms with Crippen molar-refractivity contribution in [3.05, 3.63) is 29.8 Å². The molecule has 72 valence electrons. The molecule has 1 N–H and O–H groups in total. The fraction of sp³-hybridized carbons (Fsp3) is 0.200. The molecular weight excluding hydrogens is 196 g/mol. The van der Waals surface area contributed by atoms with Crippen molar-refractivity contribution in [2.45, 2.75) is 6.54 Å². The van der Waals surface area contributed by atoms with Crippen molar-refractivity contribution in [1.82, 2.24) is 5.32 Å². The summed E-state index contributed by atoms with van der Waals surface area (Å²) in [6.45, 7) is 0.389. The van der Waals surface area contributed by atoms with Crippen LogP contribution in [0.25, 0.3) is 10.2 Å². The number of nitrogens with one attached hydrogen (secondary N) is 1. The number of amides is 1. The summed E-state index contributed by atoms with van der Waals surface area (Å²) in [5.41, 5.74) is 3.08. The summed E-state index contributed by atoms with van der Waals surface area (Å²) in [5, 5.41) is 2.61. The van der Waals surface area contributed by atoms with Crippen molar-refractivity contribution in [3.63, 3.8) is 0 Å². The number of carbonyl (C=O) groups excluding carboxylic acids is 1. The van der Waals surface area contributed by atoms with E-state index in [1.54, 1.807) is 18.4 Å². The Labute approximate surface area is 86.0 Å². The minimum atomic E-state index is 0.0264. The molecule has 3 nitrogen and oxygen atoms in total. The highest BCUT2D eigenvalue weighted by molar-refractivity contribution is 7.16. The normalized spacial score (nSPS) is 10.4. The van der Waals surface area contributed by atoms with Crippen molar-refractivity contribution < 1.29 is 9.36 Å². The lowest BCUT2D eigenvalue weighted by Gasteiger charge is -1.93. The molecule has 2 rings (SSSR count). The minimum absolute atomic E-state index is 0.0264. The van der Waals surface area contributed by atoms with E-state index in [4.69, 9.17) is 0 Å². The molecule has 0 aliphatic heterocycles. The monoisotopic (exact) mass is 207 g/mol. The number of carbonyl (C=O) groups is 1. The summed E-state index contributed by atoms with van der Waals surface area (Å²) in [5.74, 6) is 0.0264. The first kappa shape index (κ1) is 9.15. The van der Waals surface area contributed by atoms with Crippen molar-refractivity contribution in [1.29, 1.82) is 0 Å². The third kappa shape index (κ3) is 1.61. The molecule has 1 aromatic heterocycles. The number of hydrogen-bond acceptors (Lipinski definition) is 2. The Bertz CT molecular complexity index is 464. The predicted molar refractivity (Wildman–Crippen MR) is 56.1 cm³/mol. The van der Waals surface area contributed by atoms with Crippen LogP contribution < -0.4 is 9.88 Å². The van der Waals surface area contributed by atoms with Crippen molar-refractivity contribution >= 4 is 27.5 Å². The van der Waals surface area contributed by atoms with Gasteiger partial charge in [-0.15, -0.1) is 0 Å². The minimum Gasteiger partial charge on any atom is -0.354 e. The van der Waals surface area contributed by atoms with Crippen LogP contribution in [0.3, 0.4) is 0 Å². The molecule has 0 saturated heterocycles. The largest absolute Gasteiger partial charge is 0.354 e. The summed E-state index contributed by atoms with van der Waals surface area (Å²) >= 11 is 1.65. The van der Waals surface area contributed by atoms with Gasteiger partial charge in [-0.1, -0.05) is 23.5 Å². The van der Waals surface area contributed by atoms with Crippen LogP contribution in [-0.4, -0.2) is 13.0 Å². The van der Waals surface area contributed by atoms with Crippen LogP contribution in [0.15, 0.2) is 29.8 Å². The number of aromatic nitrogens is 1. The van der Waals surface area contributed by atoms with Crippen LogP contribution in [0.4, 0.5) is 0 Å². The van der Waals surface area contributed by atoms with Gasteiger partial charge in [0, 0.05) is 13.1 Å². The molecule has 0 aliphatic carbocycles. The standard InChI is InChI=1S/C10H10N2OS/c1-11-10(13)6-12-7-14-9-5-3-2-4-8(9)12/h2-5,7H,6H2,1H3/p+1. The van der Waals surface area contributed by atoms with E-state index in [0.717, 1.165) is 5.52 Å². The Balaban J connectivity index is 2.38. The van der Waals surface area contributed by atoms with Gasteiger partial charge in [-0.2, -0.15) is 4.57 Å². The van der Waals surface area contributed by atoms with Crippen LogP contribution in [0.2, 0.25) is 0 Å². The average molecular weight is 207 g/mol. The molecular formula is C10H11N2OS+. The van der Waals surface area contributed by atoms with Gasteiger partial charge in [0.2, 0.25) is 17.6 Å². The predicted octanol–water partition coefficient (Wildman–Crippen LogP) is 0.935. The lowest BCUT2D eigenvalue weighted by molar-refractivity contribution is -0.654. The van der Waals surface area contributed by atoms with Crippen LogP contribution in [0.5, 0.6) is 0 Å². The van der Waals surface area contributed by atoms with Crippen LogP contribution >= 0.6 is 11.3 Å². The lowest BCUT2D eigenvalue weighted by Crippen LogP contribution is -2.40. The molecule has 0 spiro atoms. The summed E-state index contributed by atoms with van der Waals surface area (Å²) in [6.07, 6.45) is 0. The summed E-state index contributed by atoms with van der Waals surface area (Å²) in [7, 11) is 1.65. The quantitative estimate of drug-likeness (QED) is 0.730. The first-order valence-electron chi connectivity index (χ1n) is 4.37. The van der Waals surface area contributed by atoms with Gasteiger partial charge in [0.05, 0.1) is 0 Å².